The molecule has 0 aliphatic carbocycles. The quantitative estimate of drug-likeness (QED) is 0.165. The number of rotatable bonds is 7. The average Bonchev–Trinajstić information content (AvgIpc) is 3.19. The van der Waals surface area contributed by atoms with Crippen LogP contribution in [0.25, 0.3) is 77.9 Å². The maximum Gasteiger partial charge on any atom is -0.0171 e. The molecule has 0 radical (unpaired) electrons. The second kappa shape index (κ2) is 13.5. The molecular formula is C49H36. The van der Waals surface area contributed by atoms with Gasteiger partial charge in [0.05, 0.1) is 0 Å². The van der Waals surface area contributed by atoms with Gasteiger partial charge in [-0.3, -0.25) is 0 Å². The molecule has 0 heteroatoms. The van der Waals surface area contributed by atoms with E-state index in [1.54, 1.807) is 0 Å². The van der Waals surface area contributed by atoms with Crippen molar-refractivity contribution in [3.05, 3.63) is 206 Å². The summed E-state index contributed by atoms with van der Waals surface area (Å²) in [4.78, 5) is 0. The van der Waals surface area contributed by atoms with Crippen LogP contribution < -0.4 is 0 Å². The molecule has 0 saturated heterocycles. The number of benzene rings is 8. The van der Waals surface area contributed by atoms with Gasteiger partial charge in [-0.05, 0) is 139 Å². The Hall–Kier alpha value is -6.24. The van der Waals surface area contributed by atoms with Gasteiger partial charge in [0.2, 0.25) is 0 Å². The predicted octanol–water partition coefficient (Wildman–Crippen LogP) is 13.7. The smallest absolute Gasteiger partial charge is 0.0171 e. The molecule has 232 valence electrons. The Bertz CT molecular complexity index is 2080. The molecule has 0 fully saturated rings. The zero-order chi connectivity index (χ0) is 33.0. The molecule has 0 heterocycles. The van der Waals surface area contributed by atoms with Gasteiger partial charge in [-0.25, -0.2) is 0 Å². The highest BCUT2D eigenvalue weighted by atomic mass is 14.2. The largest absolute Gasteiger partial charge is 0.0622 e. The van der Waals surface area contributed by atoms with Gasteiger partial charge < -0.3 is 0 Å². The average molecular weight is 625 g/mol. The van der Waals surface area contributed by atoms with E-state index in [1.165, 1.54) is 83.5 Å². The fourth-order valence-electron chi connectivity index (χ4n) is 6.65. The van der Waals surface area contributed by atoms with E-state index in [1.807, 2.05) is 0 Å². The van der Waals surface area contributed by atoms with Gasteiger partial charge in [-0.2, -0.15) is 0 Å². The maximum absolute atomic E-state index is 2.37. The number of hydrogen-bond acceptors (Lipinski definition) is 0. The molecular weight excluding hydrogens is 589 g/mol. The lowest BCUT2D eigenvalue weighted by molar-refractivity contribution is 1.47. The second-order valence-corrected chi connectivity index (χ2v) is 12.7. The van der Waals surface area contributed by atoms with E-state index >= 15 is 0 Å². The van der Waals surface area contributed by atoms with Crippen molar-refractivity contribution in [3.63, 3.8) is 0 Å². The maximum atomic E-state index is 2.37. The van der Waals surface area contributed by atoms with E-state index in [9.17, 15) is 0 Å². The van der Waals surface area contributed by atoms with Gasteiger partial charge in [-0.15, -0.1) is 0 Å². The summed E-state index contributed by atoms with van der Waals surface area (Å²) in [6, 6.07) is 72.8. The van der Waals surface area contributed by atoms with Crippen LogP contribution in [0.4, 0.5) is 0 Å². The normalized spacial score (nSPS) is 11.0. The molecule has 0 bridgehead atoms. The first-order chi connectivity index (χ1) is 24.2. The van der Waals surface area contributed by atoms with Gasteiger partial charge >= 0.3 is 0 Å². The minimum Gasteiger partial charge on any atom is -0.0622 e. The highest BCUT2D eigenvalue weighted by Gasteiger charge is 2.13. The molecule has 8 rings (SSSR count). The second-order valence-electron chi connectivity index (χ2n) is 12.7. The number of aryl methyl sites for hydroxylation is 1. The van der Waals surface area contributed by atoms with Crippen LogP contribution in [0, 0.1) is 6.92 Å². The van der Waals surface area contributed by atoms with Crippen LogP contribution in [0.3, 0.4) is 0 Å². The number of hydrogen-bond donors (Lipinski definition) is 0. The molecule has 0 spiro atoms. The van der Waals surface area contributed by atoms with E-state index in [-0.39, 0.29) is 0 Å². The standard InChI is InChI=1S/C49H36/c1-35-22-24-40(25-23-35)45-32-48(46-28-41(36-14-6-2-7-15-36)26-42(29-46)37-16-8-3-9-17-37)34-49(33-45)47-30-43(38-18-10-4-11-19-38)27-44(31-47)39-20-12-5-13-21-39/h2-34H,1H3. The zero-order valence-electron chi connectivity index (χ0n) is 27.6. The summed E-state index contributed by atoms with van der Waals surface area (Å²) >= 11 is 0. The van der Waals surface area contributed by atoms with Gasteiger partial charge in [0.1, 0.15) is 0 Å². The molecule has 0 nitrogen and oxygen atoms in total. The van der Waals surface area contributed by atoms with Crippen LogP contribution >= 0.6 is 0 Å². The fraction of sp³-hybridized carbons (Fsp3) is 0.0204. The summed E-state index contributed by atoms with van der Waals surface area (Å²) in [5, 5.41) is 0. The summed E-state index contributed by atoms with van der Waals surface area (Å²) in [5.41, 5.74) is 18.1. The fourth-order valence-corrected chi connectivity index (χ4v) is 6.65. The van der Waals surface area contributed by atoms with Crippen LogP contribution in [0.15, 0.2) is 200 Å². The topological polar surface area (TPSA) is 0 Å². The Morgan fingerprint density at radius 3 is 0.592 bits per heavy atom. The minimum absolute atomic E-state index is 1.19. The Kier molecular flexibility index (Phi) is 8.28. The van der Waals surface area contributed by atoms with Crippen LogP contribution in [0.2, 0.25) is 0 Å². The van der Waals surface area contributed by atoms with E-state index < -0.39 is 0 Å². The Balaban J connectivity index is 1.37. The molecule has 8 aromatic carbocycles. The lowest BCUT2D eigenvalue weighted by Crippen LogP contribution is -1.90. The molecule has 0 aromatic heterocycles. The molecule has 0 aliphatic heterocycles. The van der Waals surface area contributed by atoms with E-state index in [0.29, 0.717) is 0 Å². The molecule has 0 amide bonds. The molecule has 49 heavy (non-hydrogen) atoms. The molecule has 0 aliphatic rings. The summed E-state index contributed by atoms with van der Waals surface area (Å²) in [5.74, 6) is 0. The van der Waals surface area contributed by atoms with Crippen LogP contribution in [-0.4, -0.2) is 0 Å². The lowest BCUT2D eigenvalue weighted by atomic mass is 9.88. The van der Waals surface area contributed by atoms with E-state index in [2.05, 4.69) is 207 Å². The Labute approximate surface area is 289 Å². The van der Waals surface area contributed by atoms with E-state index in [4.69, 9.17) is 0 Å². The molecule has 0 N–H and O–H groups in total. The van der Waals surface area contributed by atoms with Crippen molar-refractivity contribution in [1.29, 1.82) is 0 Å². The van der Waals surface area contributed by atoms with Gasteiger partial charge in [0, 0.05) is 0 Å². The first-order valence-corrected chi connectivity index (χ1v) is 16.9. The van der Waals surface area contributed by atoms with Gasteiger partial charge in [-0.1, -0.05) is 151 Å². The highest BCUT2D eigenvalue weighted by Crippen LogP contribution is 2.39. The first-order valence-electron chi connectivity index (χ1n) is 16.9. The molecule has 0 saturated carbocycles. The summed E-state index contributed by atoms with van der Waals surface area (Å²) < 4.78 is 0. The van der Waals surface area contributed by atoms with Crippen molar-refractivity contribution in [3.8, 4) is 77.9 Å². The summed E-state index contributed by atoms with van der Waals surface area (Å²) in [7, 11) is 0. The highest BCUT2D eigenvalue weighted by molar-refractivity contribution is 5.88. The zero-order valence-corrected chi connectivity index (χ0v) is 27.6. The minimum atomic E-state index is 1.19. The third kappa shape index (κ3) is 6.63. The van der Waals surface area contributed by atoms with Gasteiger partial charge in [0.25, 0.3) is 0 Å². The summed E-state index contributed by atoms with van der Waals surface area (Å²) in [6.45, 7) is 2.14. The van der Waals surface area contributed by atoms with Crippen LogP contribution in [0.5, 0.6) is 0 Å². The van der Waals surface area contributed by atoms with Crippen molar-refractivity contribution in [1.82, 2.24) is 0 Å². The SMILES string of the molecule is Cc1ccc(-c2cc(-c3cc(-c4ccccc4)cc(-c4ccccc4)c3)cc(-c3cc(-c4ccccc4)cc(-c4ccccc4)c3)c2)cc1. The third-order valence-corrected chi connectivity index (χ3v) is 9.28. The lowest BCUT2D eigenvalue weighted by Gasteiger charge is -2.16. The first kappa shape index (κ1) is 30.1. The molecule has 8 aromatic rings. The third-order valence-electron chi connectivity index (χ3n) is 9.28. The van der Waals surface area contributed by atoms with Crippen molar-refractivity contribution in [2.24, 2.45) is 0 Å². The van der Waals surface area contributed by atoms with Crippen LogP contribution in [-0.2, 0) is 0 Å². The Morgan fingerprint density at radius 1 is 0.184 bits per heavy atom. The monoisotopic (exact) mass is 624 g/mol. The van der Waals surface area contributed by atoms with Crippen molar-refractivity contribution >= 4 is 0 Å². The molecule has 0 unspecified atom stereocenters. The van der Waals surface area contributed by atoms with Crippen molar-refractivity contribution in [2.75, 3.05) is 0 Å². The Morgan fingerprint density at radius 2 is 0.367 bits per heavy atom. The van der Waals surface area contributed by atoms with E-state index in [0.717, 1.165) is 0 Å². The summed E-state index contributed by atoms with van der Waals surface area (Å²) in [6.07, 6.45) is 0. The van der Waals surface area contributed by atoms with Crippen molar-refractivity contribution in [2.45, 2.75) is 6.92 Å². The predicted molar refractivity (Wildman–Crippen MR) is 209 cm³/mol. The van der Waals surface area contributed by atoms with Gasteiger partial charge in [0.15, 0.2) is 0 Å². The molecule has 0 atom stereocenters. The van der Waals surface area contributed by atoms with Crippen LogP contribution in [0.1, 0.15) is 5.56 Å². The van der Waals surface area contributed by atoms with Crippen molar-refractivity contribution < 1.29 is 0 Å².